The second-order valence-electron chi connectivity index (χ2n) is 6.22. The van der Waals surface area contributed by atoms with E-state index in [0.29, 0.717) is 18.1 Å². The van der Waals surface area contributed by atoms with Gasteiger partial charge in [0.25, 0.3) is 5.91 Å². The molecule has 132 valence electrons. The van der Waals surface area contributed by atoms with E-state index < -0.39 is 28.9 Å². The van der Waals surface area contributed by atoms with E-state index in [4.69, 9.17) is 11.6 Å². The Bertz CT molecular complexity index is 779. The van der Waals surface area contributed by atoms with Crippen molar-refractivity contribution in [3.05, 3.63) is 70.0 Å². The van der Waals surface area contributed by atoms with Crippen molar-refractivity contribution >= 4 is 17.5 Å². The lowest BCUT2D eigenvalue weighted by atomic mass is 9.94. The van der Waals surface area contributed by atoms with Crippen LogP contribution in [0.25, 0.3) is 0 Å². The Hall–Kier alpha value is -2.01. The fourth-order valence-electron chi connectivity index (χ4n) is 3.19. The zero-order chi connectivity index (χ0) is 18.0. The molecule has 0 saturated carbocycles. The number of rotatable bonds is 2. The van der Waals surface area contributed by atoms with E-state index in [1.807, 2.05) is 12.1 Å². The first-order valence-electron chi connectivity index (χ1n) is 8.15. The van der Waals surface area contributed by atoms with Crippen LogP contribution in [0.3, 0.4) is 0 Å². The topological polar surface area (TPSA) is 20.3 Å². The molecule has 2 aromatic rings. The van der Waals surface area contributed by atoms with E-state index in [-0.39, 0.29) is 5.92 Å². The van der Waals surface area contributed by atoms with Crippen molar-refractivity contribution in [1.82, 2.24) is 4.90 Å². The maximum Gasteiger partial charge on any atom is 0.256 e. The molecule has 1 aliphatic rings. The molecule has 1 amide bonds. The number of likely N-dealkylation sites (tertiary alicyclic amines) is 1. The Balaban J connectivity index is 1.84. The van der Waals surface area contributed by atoms with Crippen LogP contribution < -0.4 is 0 Å². The second kappa shape index (κ2) is 7.48. The van der Waals surface area contributed by atoms with Gasteiger partial charge in [-0.3, -0.25) is 4.79 Å². The van der Waals surface area contributed by atoms with Crippen LogP contribution in [0.4, 0.5) is 13.2 Å². The summed E-state index contributed by atoms with van der Waals surface area (Å²) < 4.78 is 40.5. The molecule has 1 aliphatic heterocycles. The van der Waals surface area contributed by atoms with Crippen LogP contribution in [0.15, 0.2) is 36.4 Å². The third kappa shape index (κ3) is 3.82. The number of carbonyl (C=O) groups excluding carboxylic acids is 1. The van der Waals surface area contributed by atoms with Gasteiger partial charge in [0.1, 0.15) is 0 Å². The third-order valence-corrected chi connectivity index (χ3v) is 4.82. The Morgan fingerprint density at radius 2 is 1.72 bits per heavy atom. The SMILES string of the molecule is O=C(c1ccc(F)c(F)c1F)N1CCCCC(c2ccc(Cl)cc2)C1. The molecule has 0 spiro atoms. The summed E-state index contributed by atoms with van der Waals surface area (Å²) in [5.41, 5.74) is 0.616. The number of carbonyl (C=O) groups is 1. The first kappa shape index (κ1) is 17.8. The summed E-state index contributed by atoms with van der Waals surface area (Å²) in [7, 11) is 0. The minimum Gasteiger partial charge on any atom is -0.338 e. The fourth-order valence-corrected chi connectivity index (χ4v) is 3.32. The normalized spacial score (nSPS) is 18.1. The summed E-state index contributed by atoms with van der Waals surface area (Å²) in [6.07, 6.45) is 2.60. The summed E-state index contributed by atoms with van der Waals surface area (Å²) in [5, 5.41) is 0.633. The molecule has 1 heterocycles. The van der Waals surface area contributed by atoms with Crippen molar-refractivity contribution in [3.8, 4) is 0 Å². The Morgan fingerprint density at radius 1 is 1.00 bits per heavy atom. The van der Waals surface area contributed by atoms with E-state index in [2.05, 4.69) is 0 Å². The number of nitrogens with zero attached hydrogens (tertiary/aromatic N) is 1. The number of benzene rings is 2. The molecule has 1 atom stereocenters. The van der Waals surface area contributed by atoms with Crippen LogP contribution >= 0.6 is 11.6 Å². The lowest BCUT2D eigenvalue weighted by Crippen LogP contribution is -2.34. The summed E-state index contributed by atoms with van der Waals surface area (Å²) >= 11 is 5.91. The summed E-state index contributed by atoms with van der Waals surface area (Å²) in [5.74, 6) is -4.87. The zero-order valence-electron chi connectivity index (χ0n) is 13.4. The van der Waals surface area contributed by atoms with Crippen LogP contribution in [-0.4, -0.2) is 23.9 Å². The fraction of sp³-hybridized carbons (Fsp3) is 0.316. The van der Waals surface area contributed by atoms with E-state index in [1.165, 1.54) is 4.90 Å². The molecule has 1 saturated heterocycles. The average Bonchev–Trinajstić information content (AvgIpc) is 2.86. The largest absolute Gasteiger partial charge is 0.338 e. The molecule has 2 aromatic carbocycles. The van der Waals surface area contributed by atoms with Gasteiger partial charge in [0.2, 0.25) is 0 Å². The smallest absolute Gasteiger partial charge is 0.256 e. The number of halogens is 4. The van der Waals surface area contributed by atoms with Crippen molar-refractivity contribution in [3.63, 3.8) is 0 Å². The van der Waals surface area contributed by atoms with Crippen molar-refractivity contribution < 1.29 is 18.0 Å². The van der Waals surface area contributed by atoms with Gasteiger partial charge >= 0.3 is 0 Å². The van der Waals surface area contributed by atoms with Crippen molar-refractivity contribution in [2.45, 2.75) is 25.2 Å². The lowest BCUT2D eigenvalue weighted by Gasteiger charge is -2.25. The highest BCUT2D eigenvalue weighted by molar-refractivity contribution is 6.30. The lowest BCUT2D eigenvalue weighted by molar-refractivity contribution is 0.0748. The maximum absolute atomic E-state index is 14.0. The first-order valence-corrected chi connectivity index (χ1v) is 8.53. The molecule has 0 N–H and O–H groups in total. The summed E-state index contributed by atoms with van der Waals surface area (Å²) in [6.45, 7) is 0.861. The summed E-state index contributed by atoms with van der Waals surface area (Å²) in [4.78, 5) is 14.2. The Labute approximate surface area is 149 Å². The van der Waals surface area contributed by atoms with Crippen molar-refractivity contribution in [2.24, 2.45) is 0 Å². The quantitative estimate of drug-likeness (QED) is 0.671. The standard InChI is InChI=1S/C19H17ClF3NO/c20-14-6-4-12(5-7-14)13-3-1-2-10-24(11-13)19(25)15-8-9-16(21)18(23)17(15)22/h4-9,13H,1-3,10-11H2. The molecular formula is C19H17ClF3NO. The molecule has 2 nitrogen and oxygen atoms in total. The molecule has 25 heavy (non-hydrogen) atoms. The maximum atomic E-state index is 14.0. The van der Waals surface area contributed by atoms with Crippen LogP contribution in [0.5, 0.6) is 0 Å². The van der Waals surface area contributed by atoms with E-state index in [1.54, 1.807) is 12.1 Å². The molecule has 0 bridgehead atoms. The highest BCUT2D eigenvalue weighted by atomic mass is 35.5. The number of hydrogen-bond donors (Lipinski definition) is 0. The van der Waals surface area contributed by atoms with Gasteiger partial charge in [0.15, 0.2) is 17.5 Å². The Morgan fingerprint density at radius 3 is 2.44 bits per heavy atom. The summed E-state index contributed by atoms with van der Waals surface area (Å²) in [6, 6.07) is 9.20. The predicted octanol–water partition coefficient (Wildman–Crippen LogP) is 5.17. The van der Waals surface area contributed by atoms with Crippen LogP contribution in [0.2, 0.25) is 5.02 Å². The van der Waals surface area contributed by atoms with Crippen molar-refractivity contribution in [1.29, 1.82) is 0 Å². The minimum absolute atomic E-state index is 0.0945. The second-order valence-corrected chi connectivity index (χ2v) is 6.65. The first-order chi connectivity index (χ1) is 12.0. The highest BCUT2D eigenvalue weighted by Gasteiger charge is 2.27. The molecule has 1 unspecified atom stereocenters. The molecule has 0 aliphatic carbocycles. The van der Waals surface area contributed by atoms with Crippen LogP contribution in [0, 0.1) is 17.5 Å². The van der Waals surface area contributed by atoms with Crippen molar-refractivity contribution in [2.75, 3.05) is 13.1 Å². The van der Waals surface area contributed by atoms with Gasteiger partial charge in [0.05, 0.1) is 5.56 Å². The Kier molecular flexibility index (Phi) is 5.33. The van der Waals surface area contributed by atoms with E-state index >= 15 is 0 Å². The van der Waals surface area contributed by atoms with Gasteiger partial charge in [-0.2, -0.15) is 0 Å². The predicted molar refractivity (Wildman–Crippen MR) is 90.3 cm³/mol. The zero-order valence-corrected chi connectivity index (χ0v) is 14.2. The molecule has 1 fully saturated rings. The number of hydrogen-bond acceptors (Lipinski definition) is 1. The van der Waals surface area contributed by atoms with E-state index in [9.17, 15) is 18.0 Å². The van der Waals surface area contributed by atoms with Gasteiger partial charge < -0.3 is 4.90 Å². The molecule has 0 radical (unpaired) electrons. The molecule has 0 aromatic heterocycles. The van der Waals surface area contributed by atoms with Gasteiger partial charge in [-0.05, 0) is 42.7 Å². The van der Waals surface area contributed by atoms with Gasteiger partial charge in [0, 0.05) is 24.0 Å². The number of amides is 1. The monoisotopic (exact) mass is 367 g/mol. The van der Waals surface area contributed by atoms with E-state index in [0.717, 1.165) is 37.0 Å². The van der Waals surface area contributed by atoms with Gasteiger partial charge in [-0.1, -0.05) is 30.2 Å². The molecule has 3 rings (SSSR count). The van der Waals surface area contributed by atoms with Gasteiger partial charge in [-0.25, -0.2) is 13.2 Å². The highest BCUT2D eigenvalue weighted by Crippen LogP contribution is 2.28. The molecular weight excluding hydrogens is 351 g/mol. The third-order valence-electron chi connectivity index (χ3n) is 4.57. The van der Waals surface area contributed by atoms with Gasteiger partial charge in [-0.15, -0.1) is 0 Å². The average molecular weight is 368 g/mol. The minimum atomic E-state index is -1.62. The molecule has 6 heteroatoms. The van der Waals surface area contributed by atoms with Crippen LogP contribution in [0.1, 0.15) is 41.1 Å². The van der Waals surface area contributed by atoms with Crippen LogP contribution in [-0.2, 0) is 0 Å².